The van der Waals surface area contributed by atoms with Crippen LogP contribution >= 0.6 is 11.8 Å². The van der Waals surface area contributed by atoms with E-state index < -0.39 is 0 Å². The van der Waals surface area contributed by atoms with Crippen LogP contribution < -0.4 is 9.47 Å². The zero-order chi connectivity index (χ0) is 19.4. The van der Waals surface area contributed by atoms with E-state index in [9.17, 15) is 4.79 Å². The Morgan fingerprint density at radius 1 is 1.15 bits per heavy atom. The lowest BCUT2D eigenvalue weighted by Crippen LogP contribution is -2.32. The van der Waals surface area contributed by atoms with E-state index in [1.54, 1.807) is 14.2 Å². The number of rotatable bonds is 6. The summed E-state index contributed by atoms with van der Waals surface area (Å²) in [5, 5.41) is 0.655. The Morgan fingerprint density at radius 2 is 1.85 bits per heavy atom. The molecule has 0 aliphatic carbocycles. The van der Waals surface area contributed by atoms with Gasteiger partial charge in [0, 0.05) is 17.9 Å². The molecule has 1 aliphatic heterocycles. The van der Waals surface area contributed by atoms with Crippen molar-refractivity contribution >= 4 is 17.7 Å². The van der Waals surface area contributed by atoms with Crippen molar-refractivity contribution in [2.24, 2.45) is 0 Å². The van der Waals surface area contributed by atoms with Crippen molar-refractivity contribution < 1.29 is 14.3 Å². The number of hydrogen-bond donors (Lipinski definition) is 0. The summed E-state index contributed by atoms with van der Waals surface area (Å²) >= 11 is 1.40. The summed E-state index contributed by atoms with van der Waals surface area (Å²) in [7, 11) is 3.24. The highest BCUT2D eigenvalue weighted by atomic mass is 32.2. The van der Waals surface area contributed by atoms with Crippen LogP contribution in [0.3, 0.4) is 0 Å². The van der Waals surface area contributed by atoms with Crippen molar-refractivity contribution in [3.63, 3.8) is 0 Å². The summed E-state index contributed by atoms with van der Waals surface area (Å²) in [6.45, 7) is 4.65. The molecule has 0 spiro atoms. The molecule has 1 aromatic heterocycles. The molecule has 1 aromatic carbocycles. The number of carbonyl (C=O) groups excluding carboxylic acids is 1. The predicted octanol–water partition coefficient (Wildman–Crippen LogP) is 3.57. The van der Waals surface area contributed by atoms with Gasteiger partial charge in [-0.15, -0.1) is 0 Å². The Morgan fingerprint density at radius 3 is 2.52 bits per heavy atom. The van der Waals surface area contributed by atoms with Gasteiger partial charge in [0.2, 0.25) is 5.91 Å². The van der Waals surface area contributed by atoms with Crippen LogP contribution in [0, 0.1) is 13.8 Å². The molecule has 2 heterocycles. The first kappa shape index (κ1) is 19.5. The molecule has 1 aliphatic rings. The number of benzene rings is 1. The van der Waals surface area contributed by atoms with Crippen LogP contribution in [0.15, 0.2) is 29.4 Å². The summed E-state index contributed by atoms with van der Waals surface area (Å²) in [6.07, 6.45) is 1.95. The lowest BCUT2D eigenvalue weighted by Gasteiger charge is -2.25. The van der Waals surface area contributed by atoms with Crippen LogP contribution in [0.25, 0.3) is 0 Å². The minimum atomic E-state index is 0.0677. The molecule has 27 heavy (non-hydrogen) atoms. The van der Waals surface area contributed by atoms with Crippen molar-refractivity contribution in [1.29, 1.82) is 0 Å². The Hall–Kier alpha value is -2.28. The highest BCUT2D eigenvalue weighted by Gasteiger charge is 2.30. The lowest BCUT2D eigenvalue weighted by atomic mass is 10.0. The Bertz CT molecular complexity index is 808. The van der Waals surface area contributed by atoms with Crippen LogP contribution in [0.1, 0.15) is 35.8 Å². The van der Waals surface area contributed by atoms with Crippen LogP contribution in [-0.4, -0.2) is 47.3 Å². The molecule has 1 saturated heterocycles. The van der Waals surface area contributed by atoms with E-state index in [4.69, 9.17) is 9.47 Å². The number of aromatic nitrogens is 2. The minimum Gasteiger partial charge on any atom is -0.493 e. The van der Waals surface area contributed by atoms with Gasteiger partial charge >= 0.3 is 0 Å². The van der Waals surface area contributed by atoms with E-state index >= 15 is 0 Å². The van der Waals surface area contributed by atoms with E-state index in [1.165, 1.54) is 11.8 Å². The van der Waals surface area contributed by atoms with E-state index in [1.807, 2.05) is 43.0 Å². The summed E-state index contributed by atoms with van der Waals surface area (Å²) < 4.78 is 10.7. The fourth-order valence-corrected chi connectivity index (χ4v) is 4.27. The van der Waals surface area contributed by atoms with Crippen LogP contribution in [-0.2, 0) is 4.79 Å². The molecule has 0 saturated carbocycles. The van der Waals surface area contributed by atoms with Crippen LogP contribution in [0.4, 0.5) is 0 Å². The second-order valence-corrected chi connectivity index (χ2v) is 7.52. The second kappa shape index (κ2) is 8.61. The molecule has 3 rings (SSSR count). The van der Waals surface area contributed by atoms with Gasteiger partial charge in [0.15, 0.2) is 16.7 Å². The fraction of sp³-hybridized carbons (Fsp3) is 0.450. The molecule has 1 amide bonds. The molecule has 1 fully saturated rings. The first-order chi connectivity index (χ1) is 13.0. The molecule has 6 nitrogen and oxygen atoms in total. The molecular formula is C20H25N3O3S. The first-order valence-corrected chi connectivity index (χ1v) is 9.97. The molecule has 1 unspecified atom stereocenters. The first-order valence-electron chi connectivity index (χ1n) is 8.98. The van der Waals surface area contributed by atoms with E-state index in [0.29, 0.717) is 22.4 Å². The van der Waals surface area contributed by atoms with Gasteiger partial charge in [0.25, 0.3) is 0 Å². The summed E-state index contributed by atoms with van der Waals surface area (Å²) in [4.78, 5) is 23.6. The average Bonchev–Trinajstić information content (AvgIpc) is 3.14. The van der Waals surface area contributed by atoms with E-state index in [0.717, 1.165) is 36.3 Å². The molecule has 7 heteroatoms. The van der Waals surface area contributed by atoms with Gasteiger partial charge in [-0.1, -0.05) is 17.8 Å². The number of aryl methyl sites for hydroxylation is 2. The van der Waals surface area contributed by atoms with Crippen molar-refractivity contribution in [2.45, 2.75) is 37.9 Å². The number of likely N-dealkylation sites (tertiary alicyclic amines) is 1. The zero-order valence-corrected chi connectivity index (χ0v) is 17.0. The normalized spacial score (nSPS) is 16.4. The van der Waals surface area contributed by atoms with E-state index in [2.05, 4.69) is 9.97 Å². The van der Waals surface area contributed by atoms with Crippen molar-refractivity contribution in [3.8, 4) is 11.5 Å². The van der Waals surface area contributed by atoms with Crippen molar-refractivity contribution in [3.05, 3.63) is 41.2 Å². The maximum absolute atomic E-state index is 12.8. The number of methoxy groups -OCH3 is 2. The molecule has 0 bridgehead atoms. The van der Waals surface area contributed by atoms with Gasteiger partial charge in [-0.3, -0.25) is 4.79 Å². The number of thioether (sulfide) groups is 1. The van der Waals surface area contributed by atoms with Gasteiger partial charge in [0.1, 0.15) is 0 Å². The smallest absolute Gasteiger partial charge is 0.233 e. The third-order valence-electron chi connectivity index (χ3n) is 4.65. The summed E-state index contributed by atoms with van der Waals surface area (Å²) in [5.41, 5.74) is 2.91. The summed E-state index contributed by atoms with van der Waals surface area (Å²) in [5.74, 6) is 1.83. The van der Waals surface area contributed by atoms with Crippen LogP contribution in [0.5, 0.6) is 11.5 Å². The predicted molar refractivity (Wildman–Crippen MR) is 105 cm³/mol. The molecule has 144 valence electrons. The lowest BCUT2D eigenvalue weighted by molar-refractivity contribution is -0.129. The third-order valence-corrected chi connectivity index (χ3v) is 5.48. The largest absolute Gasteiger partial charge is 0.493 e. The number of carbonyl (C=O) groups is 1. The minimum absolute atomic E-state index is 0.0677. The quantitative estimate of drug-likeness (QED) is 0.558. The number of hydrogen-bond acceptors (Lipinski definition) is 6. The SMILES string of the molecule is COc1ccc(C2CCCN2C(=O)CSc2nc(C)cc(C)n2)cc1OC. The monoisotopic (exact) mass is 387 g/mol. The second-order valence-electron chi connectivity index (χ2n) is 6.58. The maximum atomic E-state index is 12.8. The highest BCUT2D eigenvalue weighted by Crippen LogP contribution is 2.37. The topological polar surface area (TPSA) is 64.5 Å². The molecule has 2 aromatic rings. The Kier molecular flexibility index (Phi) is 6.21. The zero-order valence-electron chi connectivity index (χ0n) is 16.2. The molecule has 1 atom stereocenters. The molecule has 0 N–H and O–H groups in total. The standard InChI is InChI=1S/C20H25N3O3S/c1-13-10-14(2)22-20(21-13)27-12-19(24)23-9-5-6-16(23)15-7-8-17(25-3)18(11-15)26-4/h7-8,10-11,16H,5-6,9,12H2,1-4H3. The maximum Gasteiger partial charge on any atom is 0.233 e. The molecule has 0 radical (unpaired) electrons. The number of ether oxygens (including phenoxy) is 2. The summed E-state index contributed by atoms with van der Waals surface area (Å²) in [6, 6.07) is 7.87. The van der Waals surface area contributed by atoms with E-state index in [-0.39, 0.29) is 11.9 Å². The average molecular weight is 388 g/mol. The Labute approximate surface area is 164 Å². The van der Waals surface area contributed by atoms with Gasteiger partial charge in [0.05, 0.1) is 26.0 Å². The van der Waals surface area contributed by atoms with Gasteiger partial charge in [-0.25, -0.2) is 9.97 Å². The highest BCUT2D eigenvalue weighted by molar-refractivity contribution is 7.99. The third kappa shape index (κ3) is 4.53. The number of amides is 1. The van der Waals surface area contributed by atoms with Crippen molar-refractivity contribution in [1.82, 2.24) is 14.9 Å². The van der Waals surface area contributed by atoms with Crippen LogP contribution in [0.2, 0.25) is 0 Å². The number of nitrogens with zero attached hydrogens (tertiary/aromatic N) is 3. The van der Waals surface area contributed by atoms with Gasteiger partial charge < -0.3 is 14.4 Å². The Balaban J connectivity index is 1.71. The van der Waals surface area contributed by atoms with Gasteiger partial charge in [-0.2, -0.15) is 0 Å². The van der Waals surface area contributed by atoms with Gasteiger partial charge in [-0.05, 0) is 50.5 Å². The fourth-order valence-electron chi connectivity index (χ4n) is 3.44. The molecular weight excluding hydrogens is 362 g/mol. The van der Waals surface area contributed by atoms with Crippen molar-refractivity contribution in [2.75, 3.05) is 26.5 Å².